The van der Waals surface area contributed by atoms with Gasteiger partial charge in [0.05, 0.1) is 24.0 Å². The molecule has 2 atom stereocenters. The van der Waals surface area contributed by atoms with E-state index < -0.39 is 0 Å². The Labute approximate surface area is 190 Å². The predicted octanol–water partition coefficient (Wildman–Crippen LogP) is 4.21. The maximum absolute atomic E-state index is 13.8. The fraction of sp³-hybridized carbons (Fsp3) is 0.333. The molecule has 170 valence electrons. The van der Waals surface area contributed by atoms with E-state index in [4.69, 9.17) is 4.42 Å². The maximum Gasteiger partial charge on any atom is 0.295 e. The number of fused-ring (bicyclic) bond motifs is 1. The molecule has 33 heavy (non-hydrogen) atoms. The number of nitrogens with zero attached hydrogens (tertiary/aromatic N) is 5. The van der Waals surface area contributed by atoms with Crippen molar-refractivity contribution in [1.29, 1.82) is 0 Å². The van der Waals surface area contributed by atoms with Gasteiger partial charge >= 0.3 is 0 Å². The highest BCUT2D eigenvalue weighted by Crippen LogP contribution is 2.28. The summed E-state index contributed by atoms with van der Waals surface area (Å²) in [5.74, 6) is -0.138. The standard InChI is InChI=1S/C24H25FN6O2/c1-15-6-4-12-30(20(15)14-26-24-29-19-9-8-17(25)13-21(19)33-24)23(32)18-7-3-5-16(2)22(18)31-27-10-11-28-31/h3,5,7-11,13,15,20H,4,6,12,14H2,1-2H3,(H,26,29)/t15-,20-/m1/s1. The Morgan fingerprint density at radius 2 is 2.06 bits per heavy atom. The minimum Gasteiger partial charge on any atom is -0.423 e. The number of halogens is 1. The smallest absolute Gasteiger partial charge is 0.295 e. The summed E-state index contributed by atoms with van der Waals surface area (Å²) in [6, 6.07) is 10.2. The number of rotatable bonds is 5. The third-order valence-corrected chi connectivity index (χ3v) is 6.28. The van der Waals surface area contributed by atoms with E-state index in [0.717, 1.165) is 18.4 Å². The molecule has 2 aromatic heterocycles. The van der Waals surface area contributed by atoms with Crippen LogP contribution >= 0.6 is 0 Å². The Morgan fingerprint density at radius 1 is 1.24 bits per heavy atom. The molecule has 0 saturated carbocycles. The SMILES string of the molecule is Cc1cccc(C(=O)N2CCC[C@@H](C)[C@H]2CNc2nc3ccc(F)cc3o2)c1-n1nccn1. The van der Waals surface area contributed by atoms with Crippen molar-refractivity contribution >= 4 is 23.0 Å². The summed E-state index contributed by atoms with van der Waals surface area (Å²) in [5, 5.41) is 11.7. The quantitative estimate of drug-likeness (QED) is 0.492. The van der Waals surface area contributed by atoms with Crippen molar-refractivity contribution in [1.82, 2.24) is 24.9 Å². The molecule has 0 bridgehead atoms. The lowest BCUT2D eigenvalue weighted by atomic mass is 9.90. The topological polar surface area (TPSA) is 89.1 Å². The summed E-state index contributed by atoms with van der Waals surface area (Å²) in [5.41, 5.74) is 3.16. The van der Waals surface area contributed by atoms with Gasteiger partial charge in [0.2, 0.25) is 0 Å². The lowest BCUT2D eigenvalue weighted by Crippen LogP contribution is -2.51. The largest absolute Gasteiger partial charge is 0.423 e. The average molecular weight is 449 g/mol. The summed E-state index contributed by atoms with van der Waals surface area (Å²) < 4.78 is 19.1. The van der Waals surface area contributed by atoms with Gasteiger partial charge in [0, 0.05) is 19.2 Å². The lowest BCUT2D eigenvalue weighted by molar-refractivity contribution is 0.0539. The Balaban J connectivity index is 1.41. The number of anilines is 1. The molecule has 0 unspecified atom stereocenters. The fourth-order valence-corrected chi connectivity index (χ4v) is 4.56. The van der Waals surface area contributed by atoms with Crippen LogP contribution in [0.5, 0.6) is 0 Å². The van der Waals surface area contributed by atoms with Crippen LogP contribution in [0.1, 0.15) is 35.7 Å². The molecule has 1 aliphatic heterocycles. The van der Waals surface area contributed by atoms with E-state index >= 15 is 0 Å². The van der Waals surface area contributed by atoms with Gasteiger partial charge in [-0.05, 0) is 49.4 Å². The highest BCUT2D eigenvalue weighted by molar-refractivity contribution is 5.98. The normalized spacial score (nSPS) is 18.6. The Hall–Kier alpha value is -3.75. The van der Waals surface area contributed by atoms with Gasteiger partial charge in [-0.1, -0.05) is 19.1 Å². The van der Waals surface area contributed by atoms with E-state index in [-0.39, 0.29) is 23.7 Å². The Morgan fingerprint density at radius 3 is 2.88 bits per heavy atom. The minimum atomic E-state index is -0.372. The van der Waals surface area contributed by atoms with Gasteiger partial charge in [0.1, 0.15) is 17.0 Å². The van der Waals surface area contributed by atoms with Gasteiger partial charge in [-0.3, -0.25) is 4.79 Å². The van der Waals surface area contributed by atoms with Crippen LogP contribution in [-0.2, 0) is 0 Å². The second-order valence-electron chi connectivity index (χ2n) is 8.49. The van der Waals surface area contributed by atoms with Crippen LogP contribution in [0.3, 0.4) is 0 Å². The first-order valence-electron chi connectivity index (χ1n) is 11.1. The molecule has 1 aliphatic rings. The van der Waals surface area contributed by atoms with E-state index in [0.29, 0.717) is 41.5 Å². The van der Waals surface area contributed by atoms with Crippen LogP contribution in [-0.4, -0.2) is 49.9 Å². The zero-order valence-electron chi connectivity index (χ0n) is 18.5. The predicted molar refractivity (Wildman–Crippen MR) is 122 cm³/mol. The maximum atomic E-state index is 13.8. The first-order chi connectivity index (χ1) is 16.0. The minimum absolute atomic E-state index is 0.0519. The van der Waals surface area contributed by atoms with E-state index in [9.17, 15) is 9.18 Å². The number of piperidine rings is 1. The second-order valence-corrected chi connectivity index (χ2v) is 8.49. The van der Waals surface area contributed by atoms with Crippen molar-refractivity contribution < 1.29 is 13.6 Å². The zero-order valence-corrected chi connectivity index (χ0v) is 18.5. The number of nitrogens with one attached hydrogen (secondary N) is 1. The highest BCUT2D eigenvalue weighted by atomic mass is 19.1. The molecule has 1 amide bonds. The van der Waals surface area contributed by atoms with Crippen LogP contribution in [0.25, 0.3) is 16.8 Å². The van der Waals surface area contributed by atoms with Crippen molar-refractivity contribution in [3.63, 3.8) is 0 Å². The first kappa shape index (κ1) is 21.1. The fourth-order valence-electron chi connectivity index (χ4n) is 4.56. The Bertz CT molecular complexity index is 1290. The molecule has 4 aromatic rings. The molecule has 2 aromatic carbocycles. The van der Waals surface area contributed by atoms with Crippen molar-refractivity contribution in [2.45, 2.75) is 32.7 Å². The summed E-state index contributed by atoms with van der Waals surface area (Å²) in [4.78, 5) is 21.6. The highest BCUT2D eigenvalue weighted by Gasteiger charge is 2.34. The average Bonchev–Trinajstić information content (AvgIpc) is 3.47. The number of para-hydroxylation sites is 1. The number of carbonyl (C=O) groups excluding carboxylic acids is 1. The number of likely N-dealkylation sites (tertiary alicyclic amines) is 1. The second kappa shape index (κ2) is 8.65. The monoisotopic (exact) mass is 448 g/mol. The van der Waals surface area contributed by atoms with Crippen molar-refractivity contribution in [3.8, 4) is 5.69 Å². The molecule has 1 N–H and O–H groups in total. The van der Waals surface area contributed by atoms with Gasteiger partial charge in [-0.25, -0.2) is 4.39 Å². The zero-order chi connectivity index (χ0) is 22.9. The van der Waals surface area contributed by atoms with E-state index in [1.807, 2.05) is 30.0 Å². The molecule has 5 rings (SSSR count). The van der Waals surface area contributed by atoms with Gasteiger partial charge in [-0.15, -0.1) is 0 Å². The van der Waals surface area contributed by atoms with Crippen molar-refractivity contribution in [3.05, 3.63) is 65.7 Å². The summed E-state index contributed by atoms with van der Waals surface area (Å²) in [6.45, 7) is 5.24. The molecule has 9 heteroatoms. The van der Waals surface area contributed by atoms with Crippen LogP contribution in [0.2, 0.25) is 0 Å². The van der Waals surface area contributed by atoms with Crippen LogP contribution in [0.4, 0.5) is 10.4 Å². The van der Waals surface area contributed by atoms with Gasteiger partial charge < -0.3 is 14.6 Å². The number of oxazole rings is 1. The summed E-state index contributed by atoms with van der Waals surface area (Å²) in [7, 11) is 0. The number of hydrogen-bond donors (Lipinski definition) is 1. The van der Waals surface area contributed by atoms with Gasteiger partial charge in [-0.2, -0.15) is 20.0 Å². The molecule has 0 aliphatic carbocycles. The van der Waals surface area contributed by atoms with Gasteiger partial charge in [0.25, 0.3) is 11.9 Å². The number of amides is 1. The number of aryl methyl sites for hydroxylation is 1. The lowest BCUT2D eigenvalue weighted by Gasteiger charge is -2.40. The van der Waals surface area contributed by atoms with Crippen LogP contribution in [0.15, 0.2) is 53.2 Å². The van der Waals surface area contributed by atoms with Gasteiger partial charge in [0.15, 0.2) is 5.58 Å². The van der Waals surface area contributed by atoms with E-state index in [2.05, 4.69) is 27.4 Å². The molecule has 3 heterocycles. The number of hydrogen-bond acceptors (Lipinski definition) is 6. The molecule has 0 spiro atoms. The van der Waals surface area contributed by atoms with Crippen molar-refractivity contribution in [2.75, 3.05) is 18.4 Å². The van der Waals surface area contributed by atoms with Crippen LogP contribution < -0.4 is 5.32 Å². The molecule has 1 saturated heterocycles. The third kappa shape index (κ3) is 4.06. The molecule has 1 fully saturated rings. The molecule has 0 radical (unpaired) electrons. The summed E-state index contributed by atoms with van der Waals surface area (Å²) >= 11 is 0. The third-order valence-electron chi connectivity index (χ3n) is 6.28. The number of carbonyl (C=O) groups is 1. The first-order valence-corrected chi connectivity index (χ1v) is 11.1. The number of benzene rings is 2. The Kier molecular flexibility index (Phi) is 5.53. The van der Waals surface area contributed by atoms with Crippen molar-refractivity contribution in [2.24, 2.45) is 5.92 Å². The molecular formula is C24H25FN6O2. The summed E-state index contributed by atoms with van der Waals surface area (Å²) in [6.07, 6.45) is 5.16. The number of aromatic nitrogens is 4. The molecular weight excluding hydrogens is 423 g/mol. The molecule has 8 nitrogen and oxygen atoms in total. The van der Waals surface area contributed by atoms with E-state index in [1.165, 1.54) is 16.9 Å². The van der Waals surface area contributed by atoms with E-state index in [1.54, 1.807) is 18.5 Å². The van der Waals surface area contributed by atoms with Crippen LogP contribution in [0, 0.1) is 18.7 Å².